The lowest BCUT2D eigenvalue weighted by Gasteiger charge is -2.05. The van der Waals surface area contributed by atoms with Crippen molar-refractivity contribution in [2.45, 2.75) is 25.3 Å². The molecule has 0 saturated carbocycles. The van der Waals surface area contributed by atoms with Crippen LogP contribution < -0.4 is 9.26 Å². The number of nitrogens with one attached hydrogen (secondary N) is 1. The Morgan fingerprint density at radius 3 is 2.70 bits per heavy atom. The summed E-state index contributed by atoms with van der Waals surface area (Å²) in [6.45, 7) is 1.14. The quantitative estimate of drug-likeness (QED) is 0.367. The lowest BCUT2D eigenvalue weighted by atomic mass is 10.1. The predicted molar refractivity (Wildman–Crippen MR) is 50.9 cm³/mol. The highest BCUT2D eigenvalue weighted by molar-refractivity contribution is 14.1. The number of aliphatic hydroxyl groups is 1. The van der Waals surface area contributed by atoms with Crippen molar-refractivity contribution in [3.63, 3.8) is 0 Å². The van der Waals surface area contributed by atoms with E-state index < -0.39 is 0 Å². The molecule has 0 fully saturated rings. The Balaban J connectivity index is 2.89. The number of rotatable bonds is 6. The molecule has 1 atom stereocenters. The zero-order valence-electron chi connectivity index (χ0n) is 6.02. The number of hydrogen-bond acceptors (Lipinski definition) is 3. The van der Waals surface area contributed by atoms with E-state index in [4.69, 9.17) is 10.8 Å². The van der Waals surface area contributed by atoms with Crippen molar-refractivity contribution >= 4 is 22.9 Å². The van der Waals surface area contributed by atoms with E-state index in [1.54, 1.807) is 0 Å². The smallest absolute Gasteiger partial charge is 0.0582 e. The van der Waals surface area contributed by atoms with Crippen LogP contribution in [0.1, 0.15) is 19.3 Å². The summed E-state index contributed by atoms with van der Waals surface area (Å²) in [5, 5.41) is 8.55. The van der Waals surface area contributed by atoms with Crippen molar-refractivity contribution in [3.05, 3.63) is 0 Å². The van der Waals surface area contributed by atoms with Gasteiger partial charge >= 0.3 is 0 Å². The van der Waals surface area contributed by atoms with Crippen LogP contribution in [0.4, 0.5) is 0 Å². The fourth-order valence-corrected chi connectivity index (χ4v) is 1.07. The first kappa shape index (κ1) is 10.6. The van der Waals surface area contributed by atoms with Crippen LogP contribution in [-0.4, -0.2) is 24.3 Å². The molecule has 0 aromatic carbocycles. The molecule has 10 heavy (non-hydrogen) atoms. The molecule has 3 nitrogen and oxygen atoms in total. The molecule has 0 aliphatic carbocycles. The Labute approximate surface area is 75.9 Å². The van der Waals surface area contributed by atoms with Crippen LogP contribution in [0.2, 0.25) is 0 Å². The molecule has 0 heterocycles. The van der Waals surface area contributed by atoms with E-state index in [-0.39, 0.29) is 12.6 Å². The van der Waals surface area contributed by atoms with Gasteiger partial charge in [0.15, 0.2) is 0 Å². The maximum absolute atomic E-state index is 8.55. The van der Waals surface area contributed by atoms with Gasteiger partial charge in [-0.2, -0.15) is 0 Å². The topological polar surface area (TPSA) is 58.3 Å². The molecule has 4 N–H and O–H groups in total. The molecule has 0 aliphatic heterocycles. The molecular formula is C6H15IN2O. The molecule has 0 aromatic rings. The van der Waals surface area contributed by atoms with Gasteiger partial charge in [-0.25, -0.2) is 0 Å². The Kier molecular flexibility index (Phi) is 8.18. The van der Waals surface area contributed by atoms with Crippen molar-refractivity contribution in [2.75, 3.05) is 13.2 Å². The first-order chi connectivity index (χ1) is 4.81. The summed E-state index contributed by atoms with van der Waals surface area (Å²) in [7, 11) is 0. The summed E-state index contributed by atoms with van der Waals surface area (Å²) >= 11 is 2.12. The Morgan fingerprint density at radius 1 is 1.50 bits per heavy atom. The van der Waals surface area contributed by atoms with E-state index in [9.17, 15) is 0 Å². The highest BCUT2D eigenvalue weighted by atomic mass is 127. The summed E-state index contributed by atoms with van der Waals surface area (Å²) in [6, 6.07) is -0.0192. The zero-order chi connectivity index (χ0) is 7.82. The van der Waals surface area contributed by atoms with Crippen molar-refractivity contribution < 1.29 is 5.11 Å². The van der Waals surface area contributed by atoms with Crippen molar-refractivity contribution in [3.8, 4) is 0 Å². The van der Waals surface area contributed by atoms with E-state index in [0.717, 1.165) is 25.8 Å². The average Bonchev–Trinajstić information content (AvgIpc) is 1.98. The summed E-state index contributed by atoms with van der Waals surface area (Å²) in [6.07, 6.45) is 3.16. The molecule has 4 heteroatoms. The lowest BCUT2D eigenvalue weighted by molar-refractivity contribution is 0.258. The molecule has 0 amide bonds. The minimum absolute atomic E-state index is 0.0192. The summed E-state index contributed by atoms with van der Waals surface area (Å²) < 4.78 is 3.03. The van der Waals surface area contributed by atoms with E-state index in [0.29, 0.717) is 0 Å². The lowest BCUT2D eigenvalue weighted by Crippen LogP contribution is -2.24. The normalized spacial score (nSPS) is 13.5. The van der Waals surface area contributed by atoms with Gasteiger partial charge in [0.1, 0.15) is 0 Å². The molecule has 0 spiro atoms. The SMILES string of the molecule is NC(CO)CCCCNI. The van der Waals surface area contributed by atoms with Gasteiger partial charge in [-0.05, 0) is 12.8 Å². The number of aliphatic hydroxyl groups excluding tert-OH is 1. The van der Waals surface area contributed by atoms with Crippen molar-refractivity contribution in [2.24, 2.45) is 5.73 Å². The van der Waals surface area contributed by atoms with E-state index in [1.165, 1.54) is 0 Å². The predicted octanol–water partition coefficient (Wildman–Crippen LogP) is 0.416. The Hall–Kier alpha value is 0.610. The second-order valence-electron chi connectivity index (χ2n) is 2.32. The maximum atomic E-state index is 8.55. The molecule has 0 saturated heterocycles. The number of unbranched alkanes of at least 4 members (excludes halogenated alkanes) is 1. The van der Waals surface area contributed by atoms with Crippen LogP contribution in [0.25, 0.3) is 0 Å². The fraction of sp³-hybridized carbons (Fsp3) is 1.00. The molecular weight excluding hydrogens is 243 g/mol. The van der Waals surface area contributed by atoms with Gasteiger partial charge < -0.3 is 10.8 Å². The number of nitrogens with two attached hydrogens (primary N) is 1. The molecule has 0 radical (unpaired) electrons. The van der Waals surface area contributed by atoms with Gasteiger partial charge in [-0.3, -0.25) is 3.53 Å². The van der Waals surface area contributed by atoms with Gasteiger partial charge in [0.2, 0.25) is 0 Å². The van der Waals surface area contributed by atoms with E-state index in [1.807, 2.05) is 0 Å². The second kappa shape index (κ2) is 7.71. The Bertz CT molecular complexity index is 72.8. The number of hydrogen-bond donors (Lipinski definition) is 3. The van der Waals surface area contributed by atoms with E-state index in [2.05, 4.69) is 26.4 Å². The fourth-order valence-electron chi connectivity index (χ4n) is 0.690. The third kappa shape index (κ3) is 6.73. The van der Waals surface area contributed by atoms with Gasteiger partial charge in [0.05, 0.1) is 6.61 Å². The minimum atomic E-state index is -0.0192. The third-order valence-electron chi connectivity index (χ3n) is 1.33. The van der Waals surface area contributed by atoms with Gasteiger partial charge in [0.25, 0.3) is 0 Å². The largest absolute Gasteiger partial charge is 0.395 e. The molecule has 0 aliphatic rings. The third-order valence-corrected chi connectivity index (χ3v) is 1.87. The summed E-state index contributed by atoms with van der Waals surface area (Å²) in [4.78, 5) is 0. The van der Waals surface area contributed by atoms with Crippen LogP contribution in [0.3, 0.4) is 0 Å². The van der Waals surface area contributed by atoms with Crippen LogP contribution in [0.5, 0.6) is 0 Å². The monoisotopic (exact) mass is 258 g/mol. The first-order valence-electron chi connectivity index (χ1n) is 3.51. The van der Waals surface area contributed by atoms with Crippen LogP contribution in [0.15, 0.2) is 0 Å². The maximum Gasteiger partial charge on any atom is 0.0582 e. The number of halogens is 1. The van der Waals surface area contributed by atoms with Gasteiger partial charge in [-0.1, -0.05) is 6.42 Å². The molecule has 0 bridgehead atoms. The average molecular weight is 258 g/mol. The highest BCUT2D eigenvalue weighted by Gasteiger charge is 1.97. The molecule has 0 aromatic heterocycles. The zero-order valence-corrected chi connectivity index (χ0v) is 8.17. The van der Waals surface area contributed by atoms with Gasteiger partial charge in [-0.15, -0.1) is 0 Å². The van der Waals surface area contributed by atoms with Crippen LogP contribution >= 0.6 is 22.9 Å². The molecule has 0 rings (SSSR count). The second-order valence-corrected chi connectivity index (χ2v) is 3.08. The summed E-state index contributed by atoms with van der Waals surface area (Å²) in [5.74, 6) is 0. The van der Waals surface area contributed by atoms with Crippen molar-refractivity contribution in [1.29, 1.82) is 0 Å². The summed E-state index contributed by atoms with van der Waals surface area (Å²) in [5.41, 5.74) is 5.48. The highest BCUT2D eigenvalue weighted by Crippen LogP contribution is 1.97. The van der Waals surface area contributed by atoms with Crippen LogP contribution in [-0.2, 0) is 0 Å². The Morgan fingerprint density at radius 2 is 2.20 bits per heavy atom. The minimum Gasteiger partial charge on any atom is -0.395 e. The van der Waals surface area contributed by atoms with Crippen molar-refractivity contribution in [1.82, 2.24) is 3.53 Å². The standard InChI is InChI=1S/C6H15IN2O/c7-9-4-2-1-3-6(8)5-10/h6,9-10H,1-5,8H2. The van der Waals surface area contributed by atoms with Gasteiger partial charge in [0, 0.05) is 35.5 Å². The first-order valence-corrected chi connectivity index (χ1v) is 4.59. The molecule has 1 unspecified atom stereocenters. The van der Waals surface area contributed by atoms with Crippen LogP contribution in [0, 0.1) is 0 Å². The van der Waals surface area contributed by atoms with E-state index >= 15 is 0 Å². The molecule has 62 valence electrons.